The molecule has 29 heavy (non-hydrogen) atoms. The van der Waals surface area contributed by atoms with Gasteiger partial charge in [-0.1, -0.05) is 0 Å². The highest BCUT2D eigenvalue weighted by atomic mass is 16.4. The molecule has 3 aromatic rings. The number of nitrogens with one attached hydrogen (secondary N) is 1. The summed E-state index contributed by atoms with van der Waals surface area (Å²) in [6.45, 7) is 2.28. The van der Waals surface area contributed by atoms with Crippen molar-refractivity contribution >= 4 is 16.9 Å². The molecule has 0 atom stereocenters. The van der Waals surface area contributed by atoms with E-state index in [1.165, 1.54) is 4.57 Å². The number of carboxylic acid groups (broad SMARTS) is 1. The van der Waals surface area contributed by atoms with E-state index in [0.717, 1.165) is 46.9 Å². The van der Waals surface area contributed by atoms with Gasteiger partial charge in [0.05, 0.1) is 12.4 Å². The van der Waals surface area contributed by atoms with Gasteiger partial charge in [-0.05, 0) is 70.0 Å². The summed E-state index contributed by atoms with van der Waals surface area (Å²) in [5.41, 5.74) is 4.01. The highest BCUT2D eigenvalue weighted by Gasteiger charge is 2.28. The molecule has 0 radical (unpaired) electrons. The minimum absolute atomic E-state index is 0.225. The number of aryl methyl sites for hydroxylation is 2. The molecule has 1 aliphatic rings. The number of H-pyrrole nitrogens is 1. The molecular formula is C22H25N3O4. The van der Waals surface area contributed by atoms with Crippen molar-refractivity contribution in [2.75, 3.05) is 14.1 Å². The molecule has 1 aliphatic carbocycles. The van der Waals surface area contributed by atoms with E-state index in [1.807, 2.05) is 31.3 Å². The van der Waals surface area contributed by atoms with Crippen LogP contribution in [0.5, 0.6) is 5.75 Å². The summed E-state index contributed by atoms with van der Waals surface area (Å²) in [4.78, 5) is 29.9. The van der Waals surface area contributed by atoms with Gasteiger partial charge in [0.15, 0.2) is 5.56 Å². The Hall–Kier alpha value is -3.06. The first-order chi connectivity index (χ1) is 13.8. The number of fused-ring (bicyclic) bond motifs is 4. The van der Waals surface area contributed by atoms with Gasteiger partial charge in [0.25, 0.3) is 5.56 Å². The Bertz CT molecular complexity index is 1190. The third kappa shape index (κ3) is 3.11. The third-order valence-electron chi connectivity index (χ3n) is 5.67. The summed E-state index contributed by atoms with van der Waals surface area (Å²) < 4.78 is 1.49. The molecule has 7 heteroatoms. The molecule has 1 aromatic carbocycles. The van der Waals surface area contributed by atoms with E-state index >= 15 is 0 Å². The first-order valence-corrected chi connectivity index (χ1v) is 9.77. The lowest BCUT2D eigenvalue weighted by Crippen LogP contribution is -2.34. The van der Waals surface area contributed by atoms with E-state index in [9.17, 15) is 19.8 Å². The molecule has 0 unspecified atom stereocenters. The largest absolute Gasteiger partial charge is 0.506 e. The fourth-order valence-corrected chi connectivity index (χ4v) is 4.32. The summed E-state index contributed by atoms with van der Waals surface area (Å²) in [7, 11) is 3.65. The molecule has 0 spiro atoms. The van der Waals surface area contributed by atoms with Crippen molar-refractivity contribution < 1.29 is 15.0 Å². The molecule has 2 aromatic heterocycles. The van der Waals surface area contributed by atoms with Crippen LogP contribution in [0.3, 0.4) is 0 Å². The van der Waals surface area contributed by atoms with Gasteiger partial charge >= 0.3 is 5.97 Å². The first-order valence-electron chi connectivity index (χ1n) is 9.77. The number of carboxylic acids is 1. The molecule has 0 fully saturated rings. The second kappa shape index (κ2) is 7.08. The fraction of sp³-hybridized carbons (Fsp3) is 0.364. The normalized spacial score (nSPS) is 13.8. The van der Waals surface area contributed by atoms with Gasteiger partial charge < -0.3 is 15.2 Å². The molecule has 0 amide bonds. The Kier molecular flexibility index (Phi) is 4.70. The van der Waals surface area contributed by atoms with Crippen LogP contribution in [-0.4, -0.2) is 44.7 Å². The molecule has 152 valence electrons. The maximum absolute atomic E-state index is 13.1. The van der Waals surface area contributed by atoms with Crippen LogP contribution in [-0.2, 0) is 19.5 Å². The lowest BCUT2D eigenvalue weighted by molar-refractivity contribution is 0.0690. The molecule has 0 bridgehead atoms. The number of rotatable bonds is 3. The van der Waals surface area contributed by atoms with Gasteiger partial charge in [0.2, 0.25) is 0 Å². The number of pyridine rings is 1. The minimum Gasteiger partial charge on any atom is -0.506 e. The average molecular weight is 395 g/mol. The Balaban J connectivity index is 2.14. The lowest BCUT2D eigenvalue weighted by Gasteiger charge is -2.25. The number of benzene rings is 1. The van der Waals surface area contributed by atoms with Crippen LogP contribution in [0.4, 0.5) is 0 Å². The van der Waals surface area contributed by atoms with Crippen molar-refractivity contribution in [3.05, 3.63) is 50.9 Å². The van der Waals surface area contributed by atoms with Gasteiger partial charge in [0.1, 0.15) is 5.75 Å². The number of carbonyl (C=O) groups is 1. The Morgan fingerprint density at radius 1 is 1.24 bits per heavy atom. The predicted octanol–water partition coefficient (Wildman–Crippen LogP) is 3.11. The van der Waals surface area contributed by atoms with Crippen LogP contribution < -0.4 is 5.56 Å². The number of aromatic carboxylic acids is 1. The fourth-order valence-electron chi connectivity index (χ4n) is 4.32. The van der Waals surface area contributed by atoms with E-state index in [0.29, 0.717) is 17.7 Å². The van der Waals surface area contributed by atoms with Gasteiger partial charge in [-0.25, -0.2) is 4.79 Å². The Labute approximate surface area is 168 Å². The molecule has 2 heterocycles. The van der Waals surface area contributed by atoms with Gasteiger partial charge in [-0.15, -0.1) is 0 Å². The monoisotopic (exact) mass is 395 g/mol. The van der Waals surface area contributed by atoms with Crippen molar-refractivity contribution in [1.29, 1.82) is 0 Å². The number of aromatic amines is 1. The first kappa shape index (κ1) is 19.3. The lowest BCUT2D eigenvalue weighted by atomic mass is 9.88. The number of nitrogens with zero attached hydrogens (tertiary/aromatic N) is 2. The predicted molar refractivity (Wildman–Crippen MR) is 112 cm³/mol. The van der Waals surface area contributed by atoms with Crippen LogP contribution in [0.15, 0.2) is 23.1 Å². The second-order valence-electron chi connectivity index (χ2n) is 8.04. The van der Waals surface area contributed by atoms with E-state index in [4.69, 9.17) is 0 Å². The zero-order valence-corrected chi connectivity index (χ0v) is 16.9. The number of aromatic hydroxyl groups is 1. The van der Waals surface area contributed by atoms with Crippen molar-refractivity contribution in [2.24, 2.45) is 0 Å². The van der Waals surface area contributed by atoms with Crippen molar-refractivity contribution in [3.63, 3.8) is 0 Å². The van der Waals surface area contributed by atoms with Gasteiger partial charge in [-0.2, -0.15) is 0 Å². The van der Waals surface area contributed by atoms with Crippen molar-refractivity contribution in [3.8, 4) is 17.0 Å². The van der Waals surface area contributed by atoms with Crippen LogP contribution >= 0.6 is 0 Å². The summed E-state index contributed by atoms with van der Waals surface area (Å²) >= 11 is 0. The molecular weight excluding hydrogens is 370 g/mol. The summed E-state index contributed by atoms with van der Waals surface area (Å²) in [6, 6.07) is 4.17. The molecule has 0 saturated heterocycles. The summed E-state index contributed by atoms with van der Waals surface area (Å²) in [5, 5.41) is 21.5. The van der Waals surface area contributed by atoms with Crippen LogP contribution in [0.25, 0.3) is 22.2 Å². The average Bonchev–Trinajstić information content (AvgIpc) is 2.99. The van der Waals surface area contributed by atoms with E-state index in [1.54, 1.807) is 0 Å². The van der Waals surface area contributed by atoms with Crippen LogP contribution in [0.2, 0.25) is 0 Å². The summed E-state index contributed by atoms with van der Waals surface area (Å²) in [5.74, 6) is -1.80. The molecule has 4 rings (SSSR count). The van der Waals surface area contributed by atoms with Gasteiger partial charge in [0, 0.05) is 28.2 Å². The topological polar surface area (TPSA) is 98.6 Å². The Morgan fingerprint density at radius 2 is 1.97 bits per heavy atom. The molecule has 0 saturated carbocycles. The maximum atomic E-state index is 13.1. The zero-order chi connectivity index (χ0) is 20.9. The number of hydrogen-bond donors (Lipinski definition) is 3. The SMILES string of the molecule is Cc1c[nH]c2cc3c(cc12)CCCCc1c(O)c(C(=O)O)c(=O)n(CN(C)C)c1-3. The maximum Gasteiger partial charge on any atom is 0.345 e. The highest BCUT2D eigenvalue weighted by molar-refractivity contribution is 5.94. The van der Waals surface area contributed by atoms with Crippen molar-refractivity contribution in [2.45, 2.75) is 39.3 Å². The molecule has 3 N–H and O–H groups in total. The highest BCUT2D eigenvalue weighted by Crippen LogP contribution is 2.38. The molecule has 7 nitrogen and oxygen atoms in total. The smallest absolute Gasteiger partial charge is 0.345 e. The third-order valence-corrected chi connectivity index (χ3v) is 5.67. The molecule has 0 aliphatic heterocycles. The van der Waals surface area contributed by atoms with E-state index < -0.39 is 22.8 Å². The van der Waals surface area contributed by atoms with E-state index in [2.05, 4.69) is 18.0 Å². The van der Waals surface area contributed by atoms with E-state index in [-0.39, 0.29) is 6.67 Å². The van der Waals surface area contributed by atoms with Crippen LogP contribution in [0.1, 0.15) is 39.9 Å². The van der Waals surface area contributed by atoms with Crippen molar-refractivity contribution in [1.82, 2.24) is 14.5 Å². The zero-order valence-electron chi connectivity index (χ0n) is 16.9. The minimum atomic E-state index is -1.40. The van der Waals surface area contributed by atoms with Gasteiger partial charge in [-0.3, -0.25) is 14.3 Å². The standard InChI is InChI=1S/C22H25N3O4/c1-12-10-23-17-9-16-13(8-15(12)17)6-4-5-7-14-19(16)25(11-24(2)3)21(27)18(20(14)26)22(28)29/h8-10,23,26H,4-7,11H2,1-3H3,(H,28,29). The summed E-state index contributed by atoms with van der Waals surface area (Å²) in [6.07, 6.45) is 5.08. The number of hydrogen-bond acceptors (Lipinski definition) is 4. The second-order valence-corrected chi connectivity index (χ2v) is 8.04. The quantitative estimate of drug-likeness (QED) is 0.633. The number of aromatic nitrogens is 2. The Morgan fingerprint density at radius 3 is 2.66 bits per heavy atom. The van der Waals surface area contributed by atoms with Crippen LogP contribution in [0, 0.1) is 6.92 Å².